The minimum Gasteiger partial charge on any atom is -0.334 e. The van der Waals surface area contributed by atoms with Crippen LogP contribution in [0, 0.1) is 24.0 Å². The number of hydrogen-bond donors (Lipinski definition) is 2. The van der Waals surface area contributed by atoms with Gasteiger partial charge in [-0.3, -0.25) is 10.1 Å². The SMILES string of the molecule is CCCCc1ccc(Nc2ncnc(Nc3cc(C)cc(C)c3)c2[N+](=O)[O-])cc1. The highest BCUT2D eigenvalue weighted by Crippen LogP contribution is 2.33. The first-order chi connectivity index (χ1) is 14.0. The van der Waals surface area contributed by atoms with Gasteiger partial charge in [0.15, 0.2) is 0 Å². The first-order valence-electron chi connectivity index (χ1n) is 9.67. The van der Waals surface area contributed by atoms with Crippen molar-refractivity contribution in [3.05, 3.63) is 75.6 Å². The highest BCUT2D eigenvalue weighted by atomic mass is 16.6. The molecule has 7 heteroatoms. The van der Waals surface area contributed by atoms with Crippen LogP contribution in [-0.2, 0) is 6.42 Å². The summed E-state index contributed by atoms with van der Waals surface area (Å²) in [5.74, 6) is 0.301. The van der Waals surface area contributed by atoms with Gasteiger partial charge in [-0.2, -0.15) is 0 Å². The van der Waals surface area contributed by atoms with E-state index in [0.29, 0.717) is 0 Å². The Bertz CT molecular complexity index is 982. The smallest absolute Gasteiger partial charge is 0.334 e. The standard InChI is InChI=1S/C22H25N5O2/c1-4-5-6-17-7-9-18(10-8-17)25-21-20(27(28)29)22(24-14-23-21)26-19-12-15(2)11-16(3)13-19/h7-14H,4-6H2,1-3H3,(H2,23,24,25,26). The molecule has 0 bridgehead atoms. The van der Waals surface area contributed by atoms with Crippen molar-refractivity contribution in [3.8, 4) is 0 Å². The van der Waals surface area contributed by atoms with Gasteiger partial charge in [-0.1, -0.05) is 31.5 Å². The van der Waals surface area contributed by atoms with Crippen molar-refractivity contribution in [2.45, 2.75) is 40.0 Å². The molecule has 0 unspecified atom stereocenters. The molecule has 0 saturated carbocycles. The third-order valence-corrected chi connectivity index (χ3v) is 4.52. The summed E-state index contributed by atoms with van der Waals surface area (Å²) >= 11 is 0. The molecule has 0 spiro atoms. The lowest BCUT2D eigenvalue weighted by Gasteiger charge is -2.11. The number of nitro groups is 1. The fourth-order valence-corrected chi connectivity index (χ4v) is 3.19. The Morgan fingerprint density at radius 3 is 2.07 bits per heavy atom. The topological polar surface area (TPSA) is 93.0 Å². The molecule has 0 saturated heterocycles. The predicted molar refractivity (Wildman–Crippen MR) is 116 cm³/mol. The van der Waals surface area contributed by atoms with Crippen molar-refractivity contribution in [1.29, 1.82) is 0 Å². The fourth-order valence-electron chi connectivity index (χ4n) is 3.19. The Morgan fingerprint density at radius 2 is 1.52 bits per heavy atom. The largest absolute Gasteiger partial charge is 0.353 e. The lowest BCUT2D eigenvalue weighted by molar-refractivity contribution is -0.383. The van der Waals surface area contributed by atoms with Gasteiger partial charge in [-0.05, 0) is 67.6 Å². The lowest BCUT2D eigenvalue weighted by atomic mass is 10.1. The van der Waals surface area contributed by atoms with Crippen molar-refractivity contribution in [2.24, 2.45) is 0 Å². The van der Waals surface area contributed by atoms with Gasteiger partial charge in [0, 0.05) is 11.4 Å². The van der Waals surface area contributed by atoms with Crippen molar-refractivity contribution < 1.29 is 4.92 Å². The van der Waals surface area contributed by atoms with Crippen molar-refractivity contribution in [3.63, 3.8) is 0 Å². The molecule has 0 fully saturated rings. The van der Waals surface area contributed by atoms with E-state index in [1.165, 1.54) is 11.9 Å². The average Bonchev–Trinajstić information content (AvgIpc) is 2.66. The minimum atomic E-state index is -0.469. The zero-order valence-electron chi connectivity index (χ0n) is 16.9. The lowest BCUT2D eigenvalue weighted by Crippen LogP contribution is -2.05. The summed E-state index contributed by atoms with van der Waals surface area (Å²) in [5.41, 5.74) is 4.66. The molecule has 7 nitrogen and oxygen atoms in total. The molecule has 1 heterocycles. The van der Waals surface area contributed by atoms with E-state index in [1.807, 2.05) is 56.3 Å². The van der Waals surface area contributed by atoms with Gasteiger partial charge in [0.05, 0.1) is 4.92 Å². The molecule has 3 rings (SSSR count). The van der Waals surface area contributed by atoms with Gasteiger partial charge in [-0.25, -0.2) is 9.97 Å². The van der Waals surface area contributed by atoms with Crippen LogP contribution in [0.25, 0.3) is 0 Å². The van der Waals surface area contributed by atoms with Gasteiger partial charge in [0.1, 0.15) is 6.33 Å². The number of hydrogen-bond acceptors (Lipinski definition) is 6. The van der Waals surface area contributed by atoms with E-state index in [0.717, 1.165) is 41.8 Å². The second-order valence-corrected chi connectivity index (χ2v) is 7.10. The molecular formula is C22H25N5O2. The molecule has 0 aliphatic rings. The molecule has 2 N–H and O–H groups in total. The van der Waals surface area contributed by atoms with Crippen LogP contribution >= 0.6 is 0 Å². The van der Waals surface area contributed by atoms with Gasteiger partial charge >= 0.3 is 5.69 Å². The second-order valence-electron chi connectivity index (χ2n) is 7.10. The second kappa shape index (κ2) is 9.14. The zero-order valence-corrected chi connectivity index (χ0v) is 16.9. The maximum Gasteiger partial charge on any atom is 0.353 e. The van der Waals surface area contributed by atoms with E-state index >= 15 is 0 Å². The van der Waals surface area contributed by atoms with Crippen molar-refractivity contribution in [2.75, 3.05) is 10.6 Å². The number of benzene rings is 2. The molecule has 0 aliphatic heterocycles. The van der Waals surface area contributed by atoms with E-state index in [9.17, 15) is 10.1 Å². The molecule has 0 aliphatic carbocycles. The molecule has 0 atom stereocenters. The fraction of sp³-hybridized carbons (Fsp3) is 0.273. The summed E-state index contributed by atoms with van der Waals surface area (Å²) in [6, 6.07) is 13.7. The molecule has 0 radical (unpaired) electrons. The van der Waals surface area contributed by atoms with Crippen LogP contribution in [0.1, 0.15) is 36.5 Å². The van der Waals surface area contributed by atoms with E-state index in [-0.39, 0.29) is 17.3 Å². The van der Waals surface area contributed by atoms with Crippen LogP contribution in [0.15, 0.2) is 48.8 Å². The maximum atomic E-state index is 11.8. The highest BCUT2D eigenvalue weighted by molar-refractivity contribution is 5.77. The van der Waals surface area contributed by atoms with Gasteiger partial charge < -0.3 is 10.6 Å². The van der Waals surface area contributed by atoms with E-state index in [2.05, 4.69) is 27.5 Å². The first-order valence-corrected chi connectivity index (χ1v) is 9.67. The number of nitrogens with zero attached hydrogens (tertiary/aromatic N) is 3. The van der Waals surface area contributed by atoms with E-state index in [4.69, 9.17) is 0 Å². The van der Waals surface area contributed by atoms with E-state index in [1.54, 1.807) is 0 Å². The number of aromatic nitrogens is 2. The summed E-state index contributed by atoms with van der Waals surface area (Å²) in [4.78, 5) is 19.5. The summed E-state index contributed by atoms with van der Waals surface area (Å²) in [6.07, 6.45) is 4.62. The number of aryl methyl sites for hydroxylation is 3. The predicted octanol–water partition coefficient (Wildman–Crippen LogP) is 5.83. The number of rotatable bonds is 8. The van der Waals surface area contributed by atoms with Crippen LogP contribution in [0.4, 0.5) is 28.7 Å². The van der Waals surface area contributed by atoms with Gasteiger partial charge in [0.25, 0.3) is 0 Å². The summed E-state index contributed by atoms with van der Waals surface area (Å²) in [5, 5.41) is 17.9. The summed E-state index contributed by atoms with van der Waals surface area (Å²) in [7, 11) is 0. The first kappa shape index (κ1) is 20.3. The normalized spacial score (nSPS) is 10.6. The monoisotopic (exact) mass is 391 g/mol. The maximum absolute atomic E-state index is 11.8. The number of anilines is 4. The molecule has 1 aromatic heterocycles. The highest BCUT2D eigenvalue weighted by Gasteiger charge is 2.23. The van der Waals surface area contributed by atoms with Gasteiger partial charge in [-0.15, -0.1) is 0 Å². The molecule has 0 amide bonds. The number of nitrogens with one attached hydrogen (secondary N) is 2. The van der Waals surface area contributed by atoms with Crippen LogP contribution in [-0.4, -0.2) is 14.9 Å². The van der Waals surface area contributed by atoms with Crippen LogP contribution in [0.5, 0.6) is 0 Å². The Hall–Kier alpha value is -3.48. The van der Waals surface area contributed by atoms with Crippen LogP contribution in [0.2, 0.25) is 0 Å². The Balaban J connectivity index is 1.87. The summed E-state index contributed by atoms with van der Waals surface area (Å²) < 4.78 is 0. The quantitative estimate of drug-likeness (QED) is 0.370. The minimum absolute atomic E-state index is 0.150. The molecule has 3 aromatic rings. The summed E-state index contributed by atoms with van der Waals surface area (Å²) in [6.45, 7) is 6.11. The van der Waals surface area contributed by atoms with Gasteiger partial charge in [0.2, 0.25) is 11.6 Å². The Morgan fingerprint density at radius 1 is 0.931 bits per heavy atom. The average molecular weight is 391 g/mol. The van der Waals surface area contributed by atoms with Crippen molar-refractivity contribution in [1.82, 2.24) is 9.97 Å². The Labute approximate surface area is 170 Å². The molecule has 29 heavy (non-hydrogen) atoms. The van der Waals surface area contributed by atoms with Crippen LogP contribution < -0.4 is 10.6 Å². The van der Waals surface area contributed by atoms with E-state index < -0.39 is 4.92 Å². The molecular weight excluding hydrogens is 366 g/mol. The Kier molecular flexibility index (Phi) is 6.39. The third-order valence-electron chi connectivity index (χ3n) is 4.52. The van der Waals surface area contributed by atoms with Crippen molar-refractivity contribution >= 4 is 28.7 Å². The number of unbranched alkanes of at least 4 members (excludes halogenated alkanes) is 1. The molecule has 2 aromatic carbocycles. The molecule has 150 valence electrons. The zero-order chi connectivity index (χ0) is 20.8. The van der Waals surface area contributed by atoms with Crippen LogP contribution in [0.3, 0.4) is 0 Å². The third kappa shape index (κ3) is 5.28.